The molecule has 1 fully saturated rings. The van der Waals surface area contributed by atoms with Gasteiger partial charge < -0.3 is 9.84 Å². The van der Waals surface area contributed by atoms with Gasteiger partial charge in [0.15, 0.2) is 0 Å². The van der Waals surface area contributed by atoms with Gasteiger partial charge in [0.25, 0.3) is 0 Å². The van der Waals surface area contributed by atoms with Crippen LogP contribution in [0.1, 0.15) is 27.2 Å². The summed E-state index contributed by atoms with van der Waals surface area (Å²) in [5.41, 5.74) is -0.544. The molecule has 20 heavy (non-hydrogen) atoms. The smallest absolute Gasteiger partial charge is 0.355 e. The highest BCUT2D eigenvalue weighted by molar-refractivity contribution is 6.12. The number of imide groups is 1. The van der Waals surface area contributed by atoms with Crippen LogP contribution in [0.2, 0.25) is 0 Å². The number of aliphatic carboxylic acids is 1. The van der Waals surface area contributed by atoms with E-state index in [0.717, 1.165) is 0 Å². The first-order chi connectivity index (χ1) is 9.31. The van der Waals surface area contributed by atoms with Gasteiger partial charge in [0.1, 0.15) is 5.70 Å². The van der Waals surface area contributed by atoms with Crippen molar-refractivity contribution in [2.75, 3.05) is 6.61 Å². The molecular weight excluding hydrogens is 266 g/mol. The largest absolute Gasteiger partial charge is 0.478 e. The average molecular weight is 283 g/mol. The van der Waals surface area contributed by atoms with E-state index in [9.17, 15) is 19.2 Å². The van der Waals surface area contributed by atoms with Gasteiger partial charge in [0, 0.05) is 11.8 Å². The molecule has 7 nitrogen and oxygen atoms in total. The van der Waals surface area contributed by atoms with E-state index in [1.165, 1.54) is 0 Å². The Labute approximate surface area is 116 Å². The molecule has 1 rings (SSSR count). The minimum atomic E-state index is -1.43. The Morgan fingerprint density at radius 3 is 2.15 bits per heavy atom. The number of ether oxygens (including phenoxy) is 1. The van der Waals surface area contributed by atoms with Gasteiger partial charge in [-0.3, -0.25) is 9.59 Å². The van der Waals surface area contributed by atoms with Gasteiger partial charge in [-0.05, 0) is 6.42 Å². The molecule has 1 saturated heterocycles. The van der Waals surface area contributed by atoms with Crippen LogP contribution in [-0.4, -0.2) is 40.4 Å². The second kappa shape index (κ2) is 6.31. The van der Waals surface area contributed by atoms with Crippen LogP contribution in [0.5, 0.6) is 0 Å². The van der Waals surface area contributed by atoms with Gasteiger partial charge in [-0.15, -0.1) is 0 Å². The second-order valence-electron chi connectivity index (χ2n) is 4.59. The monoisotopic (exact) mass is 283 g/mol. The number of amides is 2. The second-order valence-corrected chi connectivity index (χ2v) is 4.59. The van der Waals surface area contributed by atoms with Gasteiger partial charge >= 0.3 is 11.9 Å². The third kappa shape index (κ3) is 3.04. The van der Waals surface area contributed by atoms with E-state index in [-0.39, 0.29) is 6.61 Å². The lowest BCUT2D eigenvalue weighted by molar-refractivity contribution is -0.148. The maximum atomic E-state index is 12.0. The standard InChI is InChI=1S/C13H17NO6/c1-4-5-20-13(19)9(6-10(15)16)14-11(17)7(2)8(3)12(14)18/h6-8H,4-5H2,1-3H3,(H,15,16)/b9-6-/t7-,8+. The highest BCUT2D eigenvalue weighted by atomic mass is 16.5. The average Bonchev–Trinajstić information content (AvgIpc) is 2.58. The molecule has 1 N–H and O–H groups in total. The van der Waals surface area contributed by atoms with Crippen LogP contribution in [-0.2, 0) is 23.9 Å². The van der Waals surface area contributed by atoms with E-state index >= 15 is 0 Å². The van der Waals surface area contributed by atoms with Crippen molar-refractivity contribution in [3.8, 4) is 0 Å². The number of hydrogen-bond acceptors (Lipinski definition) is 5. The molecule has 0 bridgehead atoms. The first-order valence-electron chi connectivity index (χ1n) is 6.30. The molecule has 0 aromatic rings. The van der Waals surface area contributed by atoms with Crippen LogP contribution in [0.4, 0.5) is 0 Å². The first kappa shape index (κ1) is 15.9. The number of esters is 1. The number of nitrogens with zero attached hydrogens (tertiary/aromatic N) is 1. The van der Waals surface area contributed by atoms with E-state index in [0.29, 0.717) is 17.4 Å². The van der Waals surface area contributed by atoms with Crippen LogP contribution in [0.3, 0.4) is 0 Å². The molecule has 2 amide bonds. The van der Waals surface area contributed by atoms with Gasteiger partial charge in [0.05, 0.1) is 12.7 Å². The predicted molar refractivity (Wildman–Crippen MR) is 67.1 cm³/mol. The number of carboxylic acids is 1. The van der Waals surface area contributed by atoms with E-state index in [4.69, 9.17) is 9.84 Å². The number of rotatable bonds is 5. The number of carboxylic acid groups (broad SMARTS) is 1. The SMILES string of the molecule is CCCOC(=O)/C(=C/C(=O)O)N1C(=O)[C@@H](C)[C@@H](C)C1=O. The van der Waals surface area contributed by atoms with Crippen LogP contribution < -0.4 is 0 Å². The Morgan fingerprint density at radius 2 is 1.75 bits per heavy atom. The summed E-state index contributed by atoms with van der Waals surface area (Å²) >= 11 is 0. The van der Waals surface area contributed by atoms with Crippen molar-refractivity contribution in [3.05, 3.63) is 11.8 Å². The Bertz CT molecular complexity index is 461. The topological polar surface area (TPSA) is 101 Å². The number of carbonyl (C=O) groups excluding carboxylic acids is 3. The lowest BCUT2D eigenvalue weighted by Crippen LogP contribution is -2.35. The van der Waals surface area contributed by atoms with E-state index in [2.05, 4.69) is 0 Å². The Balaban J connectivity index is 3.13. The molecule has 0 aliphatic carbocycles. The van der Waals surface area contributed by atoms with Crippen LogP contribution in [0.25, 0.3) is 0 Å². The molecule has 0 saturated carbocycles. The predicted octanol–water partition coefficient (Wildman–Crippen LogP) is 0.549. The summed E-state index contributed by atoms with van der Waals surface area (Å²) < 4.78 is 4.82. The van der Waals surface area contributed by atoms with Crippen molar-refractivity contribution in [3.63, 3.8) is 0 Å². The van der Waals surface area contributed by atoms with Gasteiger partial charge in [-0.25, -0.2) is 14.5 Å². The summed E-state index contributed by atoms with van der Waals surface area (Å²) in [4.78, 5) is 47.2. The molecule has 2 atom stereocenters. The van der Waals surface area contributed by atoms with Crippen molar-refractivity contribution in [1.29, 1.82) is 0 Å². The lowest BCUT2D eigenvalue weighted by Gasteiger charge is -2.16. The van der Waals surface area contributed by atoms with Gasteiger partial charge in [0.2, 0.25) is 11.8 Å². The number of carbonyl (C=O) groups is 4. The minimum Gasteiger partial charge on any atom is -0.478 e. The zero-order valence-electron chi connectivity index (χ0n) is 11.6. The van der Waals surface area contributed by atoms with Crippen molar-refractivity contribution in [2.24, 2.45) is 11.8 Å². The summed E-state index contributed by atoms with van der Waals surface area (Å²) in [6, 6.07) is 0. The maximum Gasteiger partial charge on any atom is 0.355 e. The highest BCUT2D eigenvalue weighted by Gasteiger charge is 2.46. The van der Waals surface area contributed by atoms with Crippen molar-refractivity contribution >= 4 is 23.8 Å². The van der Waals surface area contributed by atoms with E-state index in [1.54, 1.807) is 20.8 Å². The molecule has 1 aliphatic rings. The summed E-state index contributed by atoms with van der Waals surface area (Å²) in [6.07, 6.45) is 1.07. The van der Waals surface area contributed by atoms with E-state index in [1.807, 2.05) is 0 Å². The molecule has 7 heteroatoms. The first-order valence-corrected chi connectivity index (χ1v) is 6.30. The molecule has 1 aliphatic heterocycles. The molecule has 0 spiro atoms. The van der Waals surface area contributed by atoms with Gasteiger partial charge in [-0.1, -0.05) is 20.8 Å². The third-order valence-corrected chi connectivity index (χ3v) is 3.12. The molecule has 110 valence electrons. The Hall–Kier alpha value is -2.18. The maximum absolute atomic E-state index is 12.0. The molecule has 1 heterocycles. The van der Waals surface area contributed by atoms with Gasteiger partial charge in [-0.2, -0.15) is 0 Å². The summed E-state index contributed by atoms with van der Waals surface area (Å²) in [6.45, 7) is 4.96. The number of hydrogen-bond donors (Lipinski definition) is 1. The molecule has 0 radical (unpaired) electrons. The zero-order valence-corrected chi connectivity index (χ0v) is 11.6. The normalized spacial score (nSPS) is 23.1. The molecular formula is C13H17NO6. The zero-order chi connectivity index (χ0) is 15.4. The summed E-state index contributed by atoms with van der Waals surface area (Å²) in [5.74, 6) is -4.80. The minimum absolute atomic E-state index is 0.0805. The third-order valence-electron chi connectivity index (χ3n) is 3.12. The highest BCUT2D eigenvalue weighted by Crippen LogP contribution is 2.29. The van der Waals surface area contributed by atoms with Crippen LogP contribution >= 0.6 is 0 Å². The molecule has 0 aromatic carbocycles. The van der Waals surface area contributed by atoms with Crippen molar-refractivity contribution < 1.29 is 29.0 Å². The Morgan fingerprint density at radius 1 is 1.25 bits per heavy atom. The lowest BCUT2D eigenvalue weighted by atomic mass is 10.00. The van der Waals surface area contributed by atoms with Crippen molar-refractivity contribution in [1.82, 2.24) is 4.90 Å². The van der Waals surface area contributed by atoms with Crippen LogP contribution in [0.15, 0.2) is 11.8 Å². The summed E-state index contributed by atoms with van der Waals surface area (Å²) in [5, 5.41) is 8.79. The van der Waals surface area contributed by atoms with Crippen LogP contribution in [0, 0.1) is 11.8 Å². The fourth-order valence-corrected chi connectivity index (χ4v) is 1.78. The van der Waals surface area contributed by atoms with Crippen molar-refractivity contribution in [2.45, 2.75) is 27.2 Å². The number of likely N-dealkylation sites (tertiary alicyclic amines) is 1. The fourth-order valence-electron chi connectivity index (χ4n) is 1.78. The fraction of sp³-hybridized carbons (Fsp3) is 0.538. The molecule has 0 aromatic heterocycles. The Kier molecular flexibility index (Phi) is 5.01. The summed E-state index contributed by atoms with van der Waals surface area (Å²) in [7, 11) is 0. The quantitative estimate of drug-likeness (QED) is 0.449. The van der Waals surface area contributed by atoms with E-state index < -0.39 is 41.3 Å². The molecule has 0 unspecified atom stereocenters.